The third-order valence-corrected chi connectivity index (χ3v) is 1.11. The molecule has 0 fully saturated rings. The van der Waals surface area contributed by atoms with Crippen molar-refractivity contribution in [3.63, 3.8) is 0 Å². The molecule has 1 atom stereocenters. The fourth-order valence-corrected chi connectivity index (χ4v) is 0.677. The Bertz CT molecular complexity index is 107. The predicted octanol–water partition coefficient (Wildman–Crippen LogP) is 0.592. The summed E-state index contributed by atoms with van der Waals surface area (Å²) in [6.45, 7) is 0. The second kappa shape index (κ2) is 3.93. The average Bonchev–Trinajstić information content (AvgIpc) is 1.63. The van der Waals surface area contributed by atoms with E-state index in [0.717, 1.165) is 0 Å². The summed E-state index contributed by atoms with van der Waals surface area (Å²) < 4.78 is 0. The van der Waals surface area contributed by atoms with Gasteiger partial charge in [-0.15, -0.1) is 23.2 Å². The van der Waals surface area contributed by atoms with Crippen LogP contribution in [-0.2, 0) is 4.79 Å². The van der Waals surface area contributed by atoms with Gasteiger partial charge in [0.15, 0.2) is 0 Å². The first-order valence-electron chi connectivity index (χ1n) is 2.30. The monoisotopic (exact) mass is 171 g/mol. The summed E-state index contributed by atoms with van der Waals surface area (Å²) >= 11 is 10.5. The molecule has 9 heavy (non-hydrogen) atoms. The van der Waals surface area contributed by atoms with Crippen molar-refractivity contribution in [1.82, 2.24) is 0 Å². The van der Waals surface area contributed by atoms with Crippen molar-refractivity contribution in [3.05, 3.63) is 0 Å². The Morgan fingerprint density at radius 1 is 1.67 bits per heavy atom. The molecule has 3 N–H and O–H groups in total. The van der Waals surface area contributed by atoms with Crippen molar-refractivity contribution >= 4 is 29.2 Å². The lowest BCUT2D eigenvalue weighted by Gasteiger charge is -2.04. The maximum Gasteiger partial charge on any atom is 0.320 e. The second-order valence-electron chi connectivity index (χ2n) is 1.57. The fourth-order valence-electron chi connectivity index (χ4n) is 0.293. The minimum Gasteiger partial charge on any atom is -0.480 e. The zero-order valence-corrected chi connectivity index (χ0v) is 6.06. The summed E-state index contributed by atoms with van der Waals surface area (Å²) in [6.07, 6.45) is 0.0818. The highest BCUT2D eigenvalue weighted by Gasteiger charge is 2.14. The highest BCUT2D eigenvalue weighted by atomic mass is 35.5. The number of hydrogen-bond donors (Lipinski definition) is 2. The molecule has 0 heterocycles. The Kier molecular flexibility index (Phi) is 3.93. The van der Waals surface area contributed by atoms with E-state index in [0.29, 0.717) is 0 Å². The van der Waals surface area contributed by atoms with Crippen molar-refractivity contribution in [3.8, 4) is 0 Å². The van der Waals surface area contributed by atoms with Crippen LogP contribution in [0.1, 0.15) is 6.42 Å². The van der Waals surface area contributed by atoms with E-state index in [1.807, 2.05) is 0 Å². The van der Waals surface area contributed by atoms with E-state index in [4.69, 9.17) is 34.0 Å². The molecule has 0 radical (unpaired) electrons. The van der Waals surface area contributed by atoms with Crippen LogP contribution in [-0.4, -0.2) is 22.0 Å². The molecule has 0 spiro atoms. The van der Waals surface area contributed by atoms with E-state index in [-0.39, 0.29) is 6.42 Å². The van der Waals surface area contributed by atoms with Crippen molar-refractivity contribution in [2.24, 2.45) is 5.73 Å². The van der Waals surface area contributed by atoms with Crippen LogP contribution in [0.3, 0.4) is 0 Å². The molecule has 0 saturated carbocycles. The highest BCUT2D eigenvalue weighted by molar-refractivity contribution is 6.44. The summed E-state index contributed by atoms with van der Waals surface area (Å²) in [5, 5.41) is 8.19. The summed E-state index contributed by atoms with van der Waals surface area (Å²) in [5.41, 5.74) is 5.05. The zero-order chi connectivity index (χ0) is 7.44. The van der Waals surface area contributed by atoms with Crippen LogP contribution < -0.4 is 5.73 Å². The molecule has 0 bridgehead atoms. The average molecular weight is 172 g/mol. The van der Waals surface area contributed by atoms with Crippen LogP contribution in [0.15, 0.2) is 0 Å². The highest BCUT2D eigenvalue weighted by Crippen LogP contribution is 2.08. The molecule has 0 unspecified atom stereocenters. The molecule has 54 valence electrons. The molecule has 0 aromatic rings. The molecule has 5 heteroatoms. The van der Waals surface area contributed by atoms with E-state index in [2.05, 4.69) is 0 Å². The third kappa shape index (κ3) is 4.51. The zero-order valence-electron chi connectivity index (χ0n) is 4.55. The quantitative estimate of drug-likeness (QED) is 0.612. The number of hydrogen-bond acceptors (Lipinski definition) is 2. The number of rotatable bonds is 3. The Hall–Kier alpha value is 0.01000. The molecule has 3 nitrogen and oxygen atoms in total. The minimum absolute atomic E-state index is 0.0818. The van der Waals surface area contributed by atoms with E-state index in [1.165, 1.54) is 0 Å². The van der Waals surface area contributed by atoms with Crippen molar-refractivity contribution in [2.45, 2.75) is 17.3 Å². The first kappa shape index (κ1) is 9.01. The fraction of sp³-hybridized carbons (Fsp3) is 0.750. The molecular formula is C4H7Cl2NO2. The summed E-state index contributed by atoms with van der Waals surface area (Å²) in [7, 11) is 0. The maximum absolute atomic E-state index is 9.99. The summed E-state index contributed by atoms with van der Waals surface area (Å²) in [4.78, 5) is 9.29. The molecule has 0 saturated heterocycles. The van der Waals surface area contributed by atoms with Crippen LogP contribution >= 0.6 is 23.2 Å². The second-order valence-corrected chi connectivity index (χ2v) is 2.85. The van der Waals surface area contributed by atoms with Gasteiger partial charge in [-0.05, 0) is 0 Å². The number of carboxylic acid groups (broad SMARTS) is 1. The van der Waals surface area contributed by atoms with Gasteiger partial charge in [-0.3, -0.25) is 4.79 Å². The maximum atomic E-state index is 9.99. The first-order chi connectivity index (χ1) is 4.04. The lowest BCUT2D eigenvalue weighted by molar-refractivity contribution is -0.138. The number of aliphatic carboxylic acids is 1. The van der Waals surface area contributed by atoms with E-state index in [9.17, 15) is 4.79 Å². The van der Waals surface area contributed by atoms with Crippen LogP contribution in [0.5, 0.6) is 0 Å². The van der Waals surface area contributed by atoms with E-state index < -0.39 is 16.8 Å². The van der Waals surface area contributed by atoms with Gasteiger partial charge in [-0.2, -0.15) is 0 Å². The smallest absolute Gasteiger partial charge is 0.320 e. The van der Waals surface area contributed by atoms with Crippen LogP contribution in [0.4, 0.5) is 0 Å². The largest absolute Gasteiger partial charge is 0.480 e. The molecule has 0 aliphatic rings. The lowest BCUT2D eigenvalue weighted by Crippen LogP contribution is -2.31. The Morgan fingerprint density at radius 3 is 2.22 bits per heavy atom. The minimum atomic E-state index is -1.08. The molecule has 0 amide bonds. The number of carbonyl (C=O) groups is 1. The molecule has 0 aromatic heterocycles. The first-order valence-corrected chi connectivity index (χ1v) is 3.18. The summed E-state index contributed by atoms with van der Waals surface area (Å²) in [6, 6.07) is -0.954. The normalized spacial score (nSPS) is 13.8. The van der Waals surface area contributed by atoms with Crippen LogP contribution in [0.25, 0.3) is 0 Å². The van der Waals surface area contributed by atoms with Crippen LogP contribution in [0, 0.1) is 0 Å². The number of alkyl halides is 2. The van der Waals surface area contributed by atoms with E-state index >= 15 is 0 Å². The Balaban J connectivity index is 3.50. The van der Waals surface area contributed by atoms with Gasteiger partial charge < -0.3 is 10.8 Å². The van der Waals surface area contributed by atoms with Gasteiger partial charge in [-0.25, -0.2) is 0 Å². The molecule has 0 aliphatic carbocycles. The van der Waals surface area contributed by atoms with Gasteiger partial charge in [0.05, 0.1) is 0 Å². The molecule has 0 aromatic carbocycles. The predicted molar refractivity (Wildman–Crippen MR) is 35.7 cm³/mol. The Labute approximate surface area is 62.7 Å². The van der Waals surface area contributed by atoms with Gasteiger partial charge in [0.25, 0.3) is 0 Å². The number of halogens is 2. The lowest BCUT2D eigenvalue weighted by atomic mass is 10.2. The van der Waals surface area contributed by atoms with Gasteiger partial charge in [0.2, 0.25) is 0 Å². The van der Waals surface area contributed by atoms with Crippen molar-refractivity contribution < 1.29 is 9.90 Å². The van der Waals surface area contributed by atoms with Gasteiger partial charge in [0, 0.05) is 6.42 Å². The summed E-state index contributed by atoms with van der Waals surface area (Å²) in [5.74, 6) is -1.08. The topological polar surface area (TPSA) is 63.3 Å². The SMILES string of the molecule is N[C@H](CC(Cl)Cl)C(=O)O. The third-order valence-electron chi connectivity index (χ3n) is 0.749. The molecule has 0 rings (SSSR count). The van der Waals surface area contributed by atoms with Crippen LogP contribution in [0.2, 0.25) is 0 Å². The number of carboxylic acids is 1. The van der Waals surface area contributed by atoms with Gasteiger partial charge >= 0.3 is 5.97 Å². The van der Waals surface area contributed by atoms with Crippen molar-refractivity contribution in [1.29, 1.82) is 0 Å². The number of nitrogens with two attached hydrogens (primary N) is 1. The standard InChI is InChI=1S/C4H7Cl2NO2/c5-3(6)1-2(7)4(8)9/h2-3H,1,7H2,(H,8,9)/t2-/m1/s1. The van der Waals surface area contributed by atoms with Gasteiger partial charge in [0.1, 0.15) is 10.9 Å². The Morgan fingerprint density at radius 2 is 2.11 bits per heavy atom. The molecular weight excluding hydrogens is 165 g/mol. The van der Waals surface area contributed by atoms with E-state index in [1.54, 1.807) is 0 Å². The van der Waals surface area contributed by atoms with Crippen molar-refractivity contribution in [2.75, 3.05) is 0 Å². The van der Waals surface area contributed by atoms with Gasteiger partial charge in [-0.1, -0.05) is 0 Å². The molecule has 0 aliphatic heterocycles.